The van der Waals surface area contributed by atoms with E-state index in [2.05, 4.69) is 5.32 Å². The second-order valence-electron chi connectivity index (χ2n) is 6.28. The van der Waals surface area contributed by atoms with Crippen LogP contribution in [0.3, 0.4) is 0 Å². The molecule has 1 N–H and O–H groups in total. The molecule has 28 heavy (non-hydrogen) atoms. The van der Waals surface area contributed by atoms with Crippen LogP contribution in [0.2, 0.25) is 0 Å². The number of carbonyl (C=O) groups excluding carboxylic acids is 2. The number of aryl methyl sites for hydroxylation is 2. The molecule has 0 saturated carbocycles. The summed E-state index contributed by atoms with van der Waals surface area (Å²) in [4.78, 5) is 37.2. The number of hydrogen-bond donors (Lipinski definition) is 1. The molecule has 1 fully saturated rings. The van der Waals surface area contributed by atoms with Crippen molar-refractivity contribution in [3.63, 3.8) is 0 Å². The summed E-state index contributed by atoms with van der Waals surface area (Å²) >= 11 is 5.17. The summed E-state index contributed by atoms with van der Waals surface area (Å²) in [5, 5.41) is 13.6. The van der Waals surface area contributed by atoms with Gasteiger partial charge in [-0.3, -0.25) is 29.9 Å². The highest BCUT2D eigenvalue weighted by Crippen LogP contribution is 2.25. The van der Waals surface area contributed by atoms with Gasteiger partial charge in [0, 0.05) is 11.6 Å². The maximum Gasteiger partial charge on any atom is 0.272 e. The molecule has 2 amide bonds. The van der Waals surface area contributed by atoms with E-state index in [9.17, 15) is 19.7 Å². The van der Waals surface area contributed by atoms with Crippen molar-refractivity contribution in [2.24, 2.45) is 0 Å². The van der Waals surface area contributed by atoms with Crippen LogP contribution in [0.1, 0.15) is 23.6 Å². The van der Waals surface area contributed by atoms with Crippen LogP contribution in [-0.4, -0.2) is 21.9 Å². The van der Waals surface area contributed by atoms with Crippen molar-refractivity contribution in [2.75, 3.05) is 4.90 Å². The van der Waals surface area contributed by atoms with Gasteiger partial charge in [-0.1, -0.05) is 31.2 Å². The lowest BCUT2D eigenvalue weighted by atomic mass is 10.0. The van der Waals surface area contributed by atoms with Gasteiger partial charge in [-0.2, -0.15) is 0 Å². The molecule has 0 bridgehead atoms. The Morgan fingerprint density at radius 2 is 1.86 bits per heavy atom. The van der Waals surface area contributed by atoms with Crippen LogP contribution < -0.4 is 10.2 Å². The molecule has 1 saturated heterocycles. The Morgan fingerprint density at radius 1 is 1.18 bits per heavy atom. The Labute approximate surface area is 166 Å². The number of benzene rings is 2. The summed E-state index contributed by atoms with van der Waals surface area (Å²) in [6.07, 6.45) is 2.19. The van der Waals surface area contributed by atoms with E-state index in [4.69, 9.17) is 12.2 Å². The first-order valence-corrected chi connectivity index (χ1v) is 8.98. The molecule has 2 aromatic rings. The molecule has 8 heteroatoms. The minimum absolute atomic E-state index is 0.00807. The van der Waals surface area contributed by atoms with Crippen molar-refractivity contribution in [3.05, 3.63) is 74.8 Å². The highest BCUT2D eigenvalue weighted by atomic mass is 32.1. The lowest BCUT2D eigenvalue weighted by molar-refractivity contribution is -0.385. The molecule has 0 atom stereocenters. The number of nitrogens with zero attached hydrogens (tertiary/aromatic N) is 2. The molecular formula is C20H17N3O4S. The Balaban J connectivity index is 2.01. The summed E-state index contributed by atoms with van der Waals surface area (Å²) in [6.45, 7) is 3.64. The molecule has 0 aromatic heterocycles. The summed E-state index contributed by atoms with van der Waals surface area (Å²) < 4.78 is 0. The largest absolute Gasteiger partial charge is 0.298 e. The first kappa shape index (κ1) is 19.4. The molecule has 1 aliphatic heterocycles. The monoisotopic (exact) mass is 395 g/mol. The number of carbonyl (C=O) groups is 2. The third-order valence-corrected chi connectivity index (χ3v) is 4.73. The molecular weight excluding hydrogens is 378 g/mol. The number of amides is 2. The molecule has 1 aliphatic rings. The number of nitro groups is 1. The van der Waals surface area contributed by atoms with Crippen LogP contribution >= 0.6 is 12.2 Å². The minimum Gasteiger partial charge on any atom is -0.298 e. The van der Waals surface area contributed by atoms with E-state index in [0.717, 1.165) is 12.0 Å². The Kier molecular flexibility index (Phi) is 5.32. The van der Waals surface area contributed by atoms with Gasteiger partial charge in [0.2, 0.25) is 0 Å². The van der Waals surface area contributed by atoms with Crippen molar-refractivity contribution in [2.45, 2.75) is 20.3 Å². The molecule has 0 unspecified atom stereocenters. The highest BCUT2D eigenvalue weighted by molar-refractivity contribution is 7.80. The standard InChI is InChI=1S/C20H17N3O4S/c1-3-13-6-8-15(9-7-13)22-19(25)16(18(24)21-20(22)28)10-14-5-4-12(2)17(11-14)23(26)27/h4-11H,3H2,1-2H3,(H,21,24,28). The van der Waals surface area contributed by atoms with Gasteiger partial charge in [0.05, 0.1) is 10.6 Å². The fourth-order valence-corrected chi connectivity index (χ4v) is 3.13. The lowest BCUT2D eigenvalue weighted by Gasteiger charge is -2.29. The average molecular weight is 395 g/mol. The van der Waals surface area contributed by atoms with Crippen molar-refractivity contribution in [1.29, 1.82) is 0 Å². The first-order valence-electron chi connectivity index (χ1n) is 8.57. The van der Waals surface area contributed by atoms with E-state index in [-0.39, 0.29) is 16.4 Å². The number of nitrogens with one attached hydrogen (secondary N) is 1. The van der Waals surface area contributed by atoms with Crippen LogP contribution in [-0.2, 0) is 16.0 Å². The van der Waals surface area contributed by atoms with E-state index >= 15 is 0 Å². The molecule has 142 valence electrons. The van der Waals surface area contributed by atoms with Gasteiger partial charge in [-0.15, -0.1) is 0 Å². The van der Waals surface area contributed by atoms with Crippen LogP contribution in [0.25, 0.3) is 6.08 Å². The summed E-state index contributed by atoms with van der Waals surface area (Å²) in [5.74, 6) is -1.22. The molecule has 2 aromatic carbocycles. The van der Waals surface area contributed by atoms with Crippen molar-refractivity contribution in [1.82, 2.24) is 5.32 Å². The van der Waals surface area contributed by atoms with Crippen LogP contribution in [0.5, 0.6) is 0 Å². The second-order valence-corrected chi connectivity index (χ2v) is 6.67. The number of nitro benzene ring substituents is 1. The number of anilines is 1. The van der Waals surface area contributed by atoms with Crippen molar-refractivity contribution < 1.29 is 14.5 Å². The molecule has 3 rings (SSSR count). The quantitative estimate of drug-likeness (QED) is 0.282. The third-order valence-electron chi connectivity index (χ3n) is 4.45. The topological polar surface area (TPSA) is 92.6 Å². The highest BCUT2D eigenvalue weighted by Gasteiger charge is 2.34. The number of thiocarbonyl (C=S) groups is 1. The predicted molar refractivity (Wildman–Crippen MR) is 110 cm³/mol. The van der Waals surface area contributed by atoms with Crippen LogP contribution in [0, 0.1) is 17.0 Å². The van der Waals surface area contributed by atoms with E-state index < -0.39 is 16.7 Å². The predicted octanol–water partition coefficient (Wildman–Crippen LogP) is 3.30. The summed E-state index contributed by atoms with van der Waals surface area (Å²) in [5.41, 5.74) is 2.28. The van der Waals surface area contributed by atoms with Crippen LogP contribution in [0.15, 0.2) is 48.0 Å². The molecule has 1 heterocycles. The van der Waals surface area contributed by atoms with E-state index in [0.29, 0.717) is 16.8 Å². The van der Waals surface area contributed by atoms with Gasteiger partial charge in [-0.25, -0.2) is 0 Å². The van der Waals surface area contributed by atoms with Gasteiger partial charge in [0.1, 0.15) is 5.57 Å². The maximum atomic E-state index is 13.0. The summed E-state index contributed by atoms with van der Waals surface area (Å²) in [6, 6.07) is 11.8. The molecule has 0 radical (unpaired) electrons. The maximum absolute atomic E-state index is 13.0. The minimum atomic E-state index is -0.639. The number of hydrogen-bond acceptors (Lipinski definition) is 5. The van der Waals surface area contributed by atoms with Gasteiger partial charge < -0.3 is 0 Å². The van der Waals surface area contributed by atoms with Crippen molar-refractivity contribution in [3.8, 4) is 0 Å². The zero-order valence-corrected chi connectivity index (χ0v) is 16.1. The molecule has 0 spiro atoms. The Bertz CT molecular complexity index is 1030. The van der Waals surface area contributed by atoms with Crippen LogP contribution in [0.4, 0.5) is 11.4 Å². The molecule has 0 aliphatic carbocycles. The Morgan fingerprint density at radius 3 is 2.46 bits per heavy atom. The third kappa shape index (κ3) is 3.67. The summed E-state index contributed by atoms with van der Waals surface area (Å²) in [7, 11) is 0. The zero-order valence-electron chi connectivity index (χ0n) is 15.3. The van der Waals surface area contributed by atoms with Gasteiger partial charge >= 0.3 is 0 Å². The number of rotatable bonds is 4. The molecule has 7 nitrogen and oxygen atoms in total. The smallest absolute Gasteiger partial charge is 0.272 e. The van der Waals surface area contributed by atoms with Crippen molar-refractivity contribution >= 4 is 46.6 Å². The fourth-order valence-electron chi connectivity index (χ4n) is 2.85. The average Bonchev–Trinajstić information content (AvgIpc) is 2.66. The van der Waals surface area contributed by atoms with Gasteiger partial charge in [0.25, 0.3) is 17.5 Å². The normalized spacial score (nSPS) is 15.7. The van der Waals surface area contributed by atoms with Gasteiger partial charge in [0.15, 0.2) is 5.11 Å². The Hall–Kier alpha value is -3.39. The van der Waals surface area contributed by atoms with E-state index in [1.165, 1.54) is 17.0 Å². The SMILES string of the molecule is CCc1ccc(N2C(=O)C(=Cc3ccc(C)c([N+](=O)[O-])c3)C(=O)NC2=S)cc1. The van der Waals surface area contributed by atoms with E-state index in [1.54, 1.807) is 31.2 Å². The zero-order chi connectivity index (χ0) is 20.4. The van der Waals surface area contributed by atoms with Gasteiger partial charge in [-0.05, 0) is 54.9 Å². The fraction of sp³-hybridized carbons (Fsp3) is 0.150. The van der Waals surface area contributed by atoms with E-state index in [1.807, 2.05) is 19.1 Å². The second kappa shape index (κ2) is 7.69. The lowest BCUT2D eigenvalue weighted by Crippen LogP contribution is -2.54. The first-order chi connectivity index (χ1) is 13.3.